The second-order valence-electron chi connectivity index (χ2n) is 6.10. The second-order valence-corrected chi connectivity index (χ2v) is 6.10. The van der Waals surface area contributed by atoms with Crippen molar-refractivity contribution in [3.05, 3.63) is 29.3 Å². The van der Waals surface area contributed by atoms with Gasteiger partial charge in [0, 0.05) is 18.7 Å². The van der Waals surface area contributed by atoms with E-state index in [0.29, 0.717) is 5.92 Å². The summed E-state index contributed by atoms with van der Waals surface area (Å²) in [5.74, 6) is 1.73. The molecule has 20 heavy (non-hydrogen) atoms. The first-order chi connectivity index (χ1) is 9.86. The molecule has 0 aliphatic carbocycles. The largest absolute Gasteiger partial charge is 0.496 e. The normalized spacial score (nSPS) is 23.9. The Morgan fingerprint density at radius 2 is 2.10 bits per heavy atom. The fourth-order valence-electron chi connectivity index (χ4n) is 3.47. The van der Waals surface area contributed by atoms with Crippen LogP contribution in [0.5, 0.6) is 5.75 Å². The van der Waals surface area contributed by atoms with Crippen molar-refractivity contribution in [2.24, 2.45) is 0 Å². The molecular weight excluding hydrogens is 248 g/mol. The lowest BCUT2D eigenvalue weighted by Crippen LogP contribution is -2.29. The lowest BCUT2D eigenvalue weighted by atomic mass is 9.96. The highest BCUT2D eigenvalue weighted by Crippen LogP contribution is 2.29. The number of methoxy groups -OCH3 is 1. The lowest BCUT2D eigenvalue weighted by molar-refractivity contribution is 0.218. The Morgan fingerprint density at radius 1 is 1.25 bits per heavy atom. The van der Waals surface area contributed by atoms with Gasteiger partial charge in [-0.15, -0.1) is 0 Å². The average Bonchev–Trinajstić information content (AvgIpc) is 3.02. The third-order valence-electron chi connectivity index (χ3n) is 4.68. The van der Waals surface area contributed by atoms with Crippen molar-refractivity contribution in [3.8, 4) is 5.75 Å². The number of likely N-dealkylation sites (tertiary alicyclic amines) is 1. The predicted octanol–water partition coefficient (Wildman–Crippen LogP) is 2.76. The van der Waals surface area contributed by atoms with Crippen LogP contribution in [-0.2, 0) is 6.54 Å². The summed E-state index contributed by atoms with van der Waals surface area (Å²) in [6.45, 7) is 5.78. The van der Waals surface area contributed by atoms with Gasteiger partial charge in [-0.1, -0.05) is 18.6 Å². The zero-order valence-electron chi connectivity index (χ0n) is 12.5. The SMILES string of the molecule is COc1ccc(C2CCNC2)cc1CN1CCCCC1. The molecule has 2 saturated heterocycles. The molecule has 3 nitrogen and oxygen atoms in total. The standard InChI is InChI=1S/C17H26N2O/c1-20-17-6-5-14(15-7-8-18-12-15)11-16(17)13-19-9-3-2-4-10-19/h5-6,11,15,18H,2-4,7-10,12-13H2,1H3. The molecule has 1 aromatic carbocycles. The number of hydrogen-bond donors (Lipinski definition) is 1. The Labute approximate surface area is 122 Å². The second kappa shape index (κ2) is 6.59. The van der Waals surface area contributed by atoms with E-state index in [1.54, 1.807) is 7.11 Å². The zero-order valence-corrected chi connectivity index (χ0v) is 12.5. The van der Waals surface area contributed by atoms with E-state index in [1.807, 2.05) is 0 Å². The van der Waals surface area contributed by atoms with Crippen molar-refractivity contribution in [1.82, 2.24) is 10.2 Å². The van der Waals surface area contributed by atoms with Crippen molar-refractivity contribution in [2.45, 2.75) is 38.1 Å². The Bertz CT molecular complexity index is 435. The molecule has 0 radical (unpaired) electrons. The number of hydrogen-bond acceptors (Lipinski definition) is 3. The highest BCUT2D eigenvalue weighted by molar-refractivity contribution is 5.39. The predicted molar refractivity (Wildman–Crippen MR) is 82.3 cm³/mol. The molecule has 3 rings (SSSR count). The van der Waals surface area contributed by atoms with Gasteiger partial charge in [0.2, 0.25) is 0 Å². The molecule has 0 amide bonds. The molecule has 110 valence electrons. The van der Waals surface area contributed by atoms with Crippen LogP contribution in [-0.4, -0.2) is 38.2 Å². The molecule has 3 heteroatoms. The van der Waals surface area contributed by atoms with Gasteiger partial charge in [0.05, 0.1) is 7.11 Å². The first-order valence-corrected chi connectivity index (χ1v) is 7.96. The molecule has 1 aromatic rings. The van der Waals surface area contributed by atoms with E-state index < -0.39 is 0 Å². The van der Waals surface area contributed by atoms with Crippen LogP contribution >= 0.6 is 0 Å². The smallest absolute Gasteiger partial charge is 0.123 e. The minimum absolute atomic E-state index is 0.681. The van der Waals surface area contributed by atoms with Crippen LogP contribution in [0.4, 0.5) is 0 Å². The van der Waals surface area contributed by atoms with E-state index in [-0.39, 0.29) is 0 Å². The maximum atomic E-state index is 5.56. The summed E-state index contributed by atoms with van der Waals surface area (Å²) in [4.78, 5) is 2.57. The molecule has 2 aliphatic rings. The van der Waals surface area contributed by atoms with Crippen LogP contribution in [0, 0.1) is 0 Å². The van der Waals surface area contributed by atoms with Crippen molar-refractivity contribution < 1.29 is 4.74 Å². The third-order valence-corrected chi connectivity index (χ3v) is 4.68. The summed E-state index contributed by atoms with van der Waals surface area (Å²) >= 11 is 0. The number of nitrogens with zero attached hydrogens (tertiary/aromatic N) is 1. The Hall–Kier alpha value is -1.06. The Balaban J connectivity index is 1.76. The minimum atomic E-state index is 0.681. The fourth-order valence-corrected chi connectivity index (χ4v) is 3.47. The molecule has 1 unspecified atom stereocenters. The molecule has 2 heterocycles. The summed E-state index contributed by atoms with van der Waals surface area (Å²) in [6.07, 6.45) is 5.33. The number of benzene rings is 1. The quantitative estimate of drug-likeness (QED) is 0.913. The number of piperidine rings is 1. The summed E-state index contributed by atoms with van der Waals surface area (Å²) in [6, 6.07) is 6.79. The molecule has 0 spiro atoms. The van der Waals surface area contributed by atoms with Gasteiger partial charge in [-0.2, -0.15) is 0 Å². The van der Waals surface area contributed by atoms with Crippen molar-refractivity contribution in [1.29, 1.82) is 0 Å². The number of rotatable bonds is 4. The van der Waals surface area contributed by atoms with E-state index in [9.17, 15) is 0 Å². The molecule has 0 aromatic heterocycles. The number of nitrogens with one attached hydrogen (secondary N) is 1. The average molecular weight is 274 g/mol. The van der Waals surface area contributed by atoms with E-state index in [4.69, 9.17) is 4.74 Å². The molecule has 0 saturated carbocycles. The molecule has 1 atom stereocenters. The first-order valence-electron chi connectivity index (χ1n) is 7.96. The third kappa shape index (κ3) is 3.15. The lowest BCUT2D eigenvalue weighted by Gasteiger charge is -2.27. The van der Waals surface area contributed by atoms with Crippen LogP contribution in [0.3, 0.4) is 0 Å². The Kier molecular flexibility index (Phi) is 4.58. The minimum Gasteiger partial charge on any atom is -0.496 e. The molecular formula is C17H26N2O. The summed E-state index contributed by atoms with van der Waals surface area (Å²) in [5.41, 5.74) is 2.83. The maximum Gasteiger partial charge on any atom is 0.123 e. The van der Waals surface area contributed by atoms with Gasteiger partial charge < -0.3 is 10.1 Å². The fraction of sp³-hybridized carbons (Fsp3) is 0.647. The highest BCUT2D eigenvalue weighted by atomic mass is 16.5. The molecule has 2 fully saturated rings. The van der Waals surface area contributed by atoms with Crippen LogP contribution in [0.25, 0.3) is 0 Å². The molecule has 1 N–H and O–H groups in total. The summed E-state index contributed by atoms with van der Waals surface area (Å²) < 4.78 is 5.56. The van der Waals surface area contributed by atoms with Gasteiger partial charge in [0.1, 0.15) is 5.75 Å². The van der Waals surface area contributed by atoms with Crippen molar-refractivity contribution >= 4 is 0 Å². The Morgan fingerprint density at radius 3 is 2.80 bits per heavy atom. The van der Waals surface area contributed by atoms with Gasteiger partial charge in [-0.3, -0.25) is 4.90 Å². The van der Waals surface area contributed by atoms with Crippen molar-refractivity contribution in [3.63, 3.8) is 0 Å². The van der Waals surface area contributed by atoms with Gasteiger partial charge in [0.15, 0.2) is 0 Å². The first kappa shape index (κ1) is 13.9. The maximum absolute atomic E-state index is 5.56. The van der Waals surface area contributed by atoms with Crippen molar-refractivity contribution in [2.75, 3.05) is 33.3 Å². The van der Waals surface area contributed by atoms with E-state index in [1.165, 1.54) is 49.9 Å². The van der Waals surface area contributed by atoms with E-state index in [0.717, 1.165) is 25.4 Å². The van der Waals surface area contributed by atoms with Crippen LogP contribution in [0.1, 0.15) is 42.7 Å². The van der Waals surface area contributed by atoms with Gasteiger partial charge in [-0.25, -0.2) is 0 Å². The topological polar surface area (TPSA) is 24.5 Å². The van der Waals surface area contributed by atoms with Crippen LogP contribution < -0.4 is 10.1 Å². The molecule has 0 bridgehead atoms. The van der Waals surface area contributed by atoms with E-state index in [2.05, 4.69) is 28.4 Å². The highest BCUT2D eigenvalue weighted by Gasteiger charge is 2.19. The summed E-state index contributed by atoms with van der Waals surface area (Å²) in [7, 11) is 1.78. The zero-order chi connectivity index (χ0) is 13.8. The van der Waals surface area contributed by atoms with E-state index >= 15 is 0 Å². The van der Waals surface area contributed by atoms with Gasteiger partial charge in [-0.05, 0) is 56.4 Å². The monoisotopic (exact) mass is 274 g/mol. The van der Waals surface area contributed by atoms with Gasteiger partial charge >= 0.3 is 0 Å². The number of ether oxygens (including phenoxy) is 1. The summed E-state index contributed by atoms with van der Waals surface area (Å²) in [5, 5.41) is 3.46. The molecule has 2 aliphatic heterocycles. The van der Waals surface area contributed by atoms with Gasteiger partial charge in [0.25, 0.3) is 0 Å². The van der Waals surface area contributed by atoms with Crippen LogP contribution in [0.2, 0.25) is 0 Å². The van der Waals surface area contributed by atoms with Crippen LogP contribution in [0.15, 0.2) is 18.2 Å².